The van der Waals surface area contributed by atoms with Crippen LogP contribution in [0.5, 0.6) is 0 Å². The van der Waals surface area contributed by atoms with Gasteiger partial charge in [0.2, 0.25) is 11.8 Å². The minimum atomic E-state index is -2.60. The first-order valence-corrected chi connectivity index (χ1v) is 6.16. The van der Waals surface area contributed by atoms with E-state index in [0.29, 0.717) is 11.8 Å². The molecular formula is C11H13F2N3O2S. The molecule has 0 aliphatic heterocycles. The lowest BCUT2D eigenvalue weighted by molar-refractivity contribution is -0.123. The second kappa shape index (κ2) is 7.05. The van der Waals surface area contributed by atoms with Gasteiger partial charge in [-0.25, -0.2) is 0 Å². The van der Waals surface area contributed by atoms with Crippen LogP contribution < -0.4 is 16.8 Å². The topological polar surface area (TPSA) is 98.2 Å². The van der Waals surface area contributed by atoms with Gasteiger partial charge in [-0.3, -0.25) is 9.59 Å². The zero-order valence-corrected chi connectivity index (χ0v) is 10.6. The highest BCUT2D eigenvalue weighted by atomic mass is 32.2. The van der Waals surface area contributed by atoms with Crippen LogP contribution in [0.3, 0.4) is 0 Å². The zero-order chi connectivity index (χ0) is 14.4. The molecule has 1 aromatic carbocycles. The highest BCUT2D eigenvalue weighted by molar-refractivity contribution is 7.99. The van der Waals surface area contributed by atoms with E-state index in [9.17, 15) is 18.4 Å². The highest BCUT2D eigenvalue weighted by Gasteiger charge is 2.18. The highest BCUT2D eigenvalue weighted by Crippen LogP contribution is 2.31. The van der Waals surface area contributed by atoms with Crippen LogP contribution in [-0.4, -0.2) is 23.6 Å². The largest absolute Gasteiger partial charge is 0.370 e. The van der Waals surface area contributed by atoms with E-state index in [1.165, 1.54) is 12.1 Å². The molecule has 1 atom stereocenters. The fraction of sp³-hybridized carbons (Fsp3) is 0.273. The number of para-hydroxylation sites is 1. The molecule has 0 spiro atoms. The number of benzene rings is 1. The monoisotopic (exact) mass is 289 g/mol. The Hall–Kier alpha value is -1.67. The third-order valence-corrected chi connectivity index (χ3v) is 2.91. The van der Waals surface area contributed by atoms with Gasteiger partial charge in [0.05, 0.1) is 18.2 Å². The van der Waals surface area contributed by atoms with Crippen LogP contribution in [0.4, 0.5) is 14.5 Å². The quantitative estimate of drug-likeness (QED) is 0.684. The Bertz CT molecular complexity index is 471. The number of nitrogens with one attached hydrogen (secondary N) is 1. The number of halogens is 2. The van der Waals surface area contributed by atoms with Crippen molar-refractivity contribution in [2.75, 3.05) is 5.32 Å². The van der Waals surface area contributed by atoms with Crippen molar-refractivity contribution in [1.29, 1.82) is 0 Å². The zero-order valence-electron chi connectivity index (χ0n) is 9.81. The number of carbonyl (C=O) groups excluding carboxylic acids is 2. The van der Waals surface area contributed by atoms with E-state index in [-0.39, 0.29) is 17.0 Å². The number of amides is 2. The Morgan fingerprint density at radius 1 is 1.32 bits per heavy atom. The summed E-state index contributed by atoms with van der Waals surface area (Å²) in [7, 11) is 0. The van der Waals surface area contributed by atoms with Crippen LogP contribution in [0, 0.1) is 0 Å². The summed E-state index contributed by atoms with van der Waals surface area (Å²) < 4.78 is 24.7. The van der Waals surface area contributed by atoms with Gasteiger partial charge in [0.1, 0.15) is 0 Å². The third kappa shape index (κ3) is 5.23. The molecular weight excluding hydrogens is 276 g/mol. The van der Waals surface area contributed by atoms with Crippen molar-refractivity contribution < 1.29 is 18.4 Å². The van der Waals surface area contributed by atoms with Crippen molar-refractivity contribution in [3.8, 4) is 0 Å². The molecule has 5 N–H and O–H groups in total. The standard InChI is InChI=1S/C11H13F2N3O2S/c12-11(13)19-8-4-2-1-3-7(8)16-10(18)6(14)5-9(15)17/h1-4,6,11H,5,14H2,(H2,15,17)(H,16,18). The fourth-order valence-corrected chi connectivity index (χ4v) is 1.90. The van der Waals surface area contributed by atoms with Gasteiger partial charge >= 0.3 is 0 Å². The van der Waals surface area contributed by atoms with E-state index >= 15 is 0 Å². The molecule has 5 nitrogen and oxygen atoms in total. The van der Waals surface area contributed by atoms with Crippen LogP contribution in [0.1, 0.15) is 6.42 Å². The molecule has 104 valence electrons. The second-order valence-corrected chi connectivity index (χ2v) is 4.67. The number of thioether (sulfide) groups is 1. The number of nitrogens with two attached hydrogens (primary N) is 2. The maximum Gasteiger partial charge on any atom is 0.288 e. The number of alkyl halides is 2. The molecule has 0 bridgehead atoms. The van der Waals surface area contributed by atoms with E-state index in [1.807, 2.05) is 0 Å². The van der Waals surface area contributed by atoms with Crippen LogP contribution in [-0.2, 0) is 9.59 Å². The number of primary amides is 1. The maximum absolute atomic E-state index is 12.3. The number of rotatable bonds is 6. The second-order valence-electron chi connectivity index (χ2n) is 3.64. The van der Waals surface area contributed by atoms with Gasteiger partial charge in [-0.1, -0.05) is 23.9 Å². The number of hydrogen-bond donors (Lipinski definition) is 3. The minimum absolute atomic E-state index is 0.220. The Morgan fingerprint density at radius 3 is 2.53 bits per heavy atom. The van der Waals surface area contributed by atoms with Crippen LogP contribution in [0.2, 0.25) is 0 Å². The Kier molecular flexibility index (Phi) is 5.71. The SMILES string of the molecule is NC(=O)CC(N)C(=O)Nc1ccccc1SC(F)F. The normalized spacial score (nSPS) is 12.2. The van der Waals surface area contributed by atoms with Gasteiger partial charge in [0, 0.05) is 4.90 Å². The van der Waals surface area contributed by atoms with Gasteiger partial charge < -0.3 is 16.8 Å². The smallest absolute Gasteiger partial charge is 0.288 e. The number of carbonyl (C=O) groups is 2. The predicted molar refractivity (Wildman–Crippen MR) is 68.7 cm³/mol. The molecule has 0 aromatic heterocycles. The molecule has 0 aliphatic carbocycles. The average Bonchev–Trinajstić information content (AvgIpc) is 2.30. The third-order valence-electron chi connectivity index (χ3n) is 2.12. The first-order valence-electron chi connectivity index (χ1n) is 5.28. The van der Waals surface area contributed by atoms with Crippen LogP contribution in [0.15, 0.2) is 29.2 Å². The van der Waals surface area contributed by atoms with Crippen molar-refractivity contribution in [2.24, 2.45) is 11.5 Å². The summed E-state index contributed by atoms with van der Waals surface area (Å²) in [6.45, 7) is 0. The molecule has 0 saturated carbocycles. The summed E-state index contributed by atoms with van der Waals surface area (Å²) in [5.74, 6) is -3.96. The molecule has 2 amide bonds. The van der Waals surface area contributed by atoms with Gasteiger partial charge in [-0.15, -0.1) is 0 Å². The van der Waals surface area contributed by atoms with Gasteiger partial charge in [-0.05, 0) is 12.1 Å². The molecule has 0 radical (unpaired) electrons. The molecule has 19 heavy (non-hydrogen) atoms. The maximum atomic E-state index is 12.3. The molecule has 8 heteroatoms. The summed E-state index contributed by atoms with van der Waals surface area (Å²) in [5.41, 5.74) is 10.6. The first kappa shape index (κ1) is 15.4. The predicted octanol–water partition coefficient (Wildman–Crippen LogP) is 1.14. The summed E-state index contributed by atoms with van der Waals surface area (Å²) in [6.07, 6.45) is -0.310. The molecule has 0 aliphatic rings. The van der Waals surface area contributed by atoms with Crippen molar-refractivity contribution in [3.63, 3.8) is 0 Å². The number of hydrogen-bond acceptors (Lipinski definition) is 4. The molecule has 1 unspecified atom stereocenters. The van der Waals surface area contributed by atoms with Gasteiger partial charge in [0.25, 0.3) is 5.76 Å². The Labute approximate surface area is 112 Å². The Morgan fingerprint density at radius 2 is 1.95 bits per heavy atom. The lowest BCUT2D eigenvalue weighted by atomic mass is 10.2. The van der Waals surface area contributed by atoms with Crippen molar-refractivity contribution in [2.45, 2.75) is 23.1 Å². The molecule has 1 rings (SSSR count). The average molecular weight is 289 g/mol. The molecule has 0 fully saturated rings. The van der Waals surface area contributed by atoms with Crippen LogP contribution >= 0.6 is 11.8 Å². The van der Waals surface area contributed by atoms with E-state index < -0.39 is 23.6 Å². The van der Waals surface area contributed by atoms with Crippen LogP contribution in [0.25, 0.3) is 0 Å². The van der Waals surface area contributed by atoms with Gasteiger partial charge in [0.15, 0.2) is 0 Å². The molecule has 0 saturated heterocycles. The van der Waals surface area contributed by atoms with Crippen molar-refractivity contribution >= 4 is 29.3 Å². The van der Waals surface area contributed by atoms with Crippen molar-refractivity contribution in [3.05, 3.63) is 24.3 Å². The van der Waals surface area contributed by atoms with E-state index in [0.717, 1.165) is 0 Å². The lowest BCUT2D eigenvalue weighted by Crippen LogP contribution is -2.39. The van der Waals surface area contributed by atoms with Crippen molar-refractivity contribution in [1.82, 2.24) is 0 Å². The fourth-order valence-electron chi connectivity index (χ4n) is 1.30. The summed E-state index contributed by atoms with van der Waals surface area (Å²) in [5, 5.41) is 2.40. The molecule has 1 aromatic rings. The summed E-state index contributed by atoms with van der Waals surface area (Å²) >= 11 is 0.312. The number of anilines is 1. The first-order chi connectivity index (χ1) is 8.90. The minimum Gasteiger partial charge on any atom is -0.370 e. The van der Waals surface area contributed by atoms with E-state index in [2.05, 4.69) is 5.32 Å². The lowest BCUT2D eigenvalue weighted by Gasteiger charge is -2.13. The molecule has 0 heterocycles. The van der Waals surface area contributed by atoms with Gasteiger partial charge in [-0.2, -0.15) is 8.78 Å². The summed E-state index contributed by atoms with van der Waals surface area (Å²) in [6, 6.07) is 4.97. The summed E-state index contributed by atoms with van der Waals surface area (Å²) in [4.78, 5) is 22.5. The Balaban J connectivity index is 2.76. The van der Waals surface area contributed by atoms with E-state index in [1.54, 1.807) is 12.1 Å². The van der Waals surface area contributed by atoms with E-state index in [4.69, 9.17) is 11.5 Å².